The first-order valence-electron chi connectivity index (χ1n) is 5.87. The van der Waals surface area contributed by atoms with Gasteiger partial charge in [-0.3, -0.25) is 4.79 Å². The third-order valence-electron chi connectivity index (χ3n) is 2.71. The maximum absolute atomic E-state index is 12.7. The third kappa shape index (κ3) is 3.52. The molecule has 1 N–H and O–H groups in total. The van der Waals surface area contributed by atoms with Gasteiger partial charge in [-0.15, -0.1) is 0 Å². The standard InChI is InChI=1S/C13H16Br3NO2/c1-6(2)17(7(3)4)13(19)10-8(14)5-9(15)12(18)11(10)16/h5-7,18H,1-4H3. The average Bonchev–Trinajstić information content (AvgIpc) is 2.24. The zero-order valence-electron chi connectivity index (χ0n) is 11.2. The van der Waals surface area contributed by atoms with Gasteiger partial charge in [0.15, 0.2) is 0 Å². The number of carbonyl (C=O) groups is 1. The highest BCUT2D eigenvalue weighted by molar-refractivity contribution is 9.11. The van der Waals surface area contributed by atoms with Crippen LogP contribution in [0.4, 0.5) is 0 Å². The molecule has 1 aromatic carbocycles. The Bertz CT molecular complexity index is 493. The molecule has 0 aliphatic carbocycles. The van der Waals surface area contributed by atoms with E-state index in [0.29, 0.717) is 19.0 Å². The summed E-state index contributed by atoms with van der Waals surface area (Å²) in [4.78, 5) is 14.4. The van der Waals surface area contributed by atoms with E-state index >= 15 is 0 Å². The maximum Gasteiger partial charge on any atom is 0.256 e. The molecule has 0 aliphatic heterocycles. The summed E-state index contributed by atoms with van der Waals surface area (Å²) in [5, 5.41) is 9.93. The molecule has 1 amide bonds. The summed E-state index contributed by atoms with van der Waals surface area (Å²) >= 11 is 9.91. The summed E-state index contributed by atoms with van der Waals surface area (Å²) in [6.45, 7) is 7.88. The van der Waals surface area contributed by atoms with Gasteiger partial charge in [-0.1, -0.05) is 0 Å². The quantitative estimate of drug-likeness (QED) is 0.698. The summed E-state index contributed by atoms with van der Waals surface area (Å²) in [5.41, 5.74) is 0.433. The van der Waals surface area contributed by atoms with Gasteiger partial charge in [0.2, 0.25) is 0 Å². The van der Waals surface area contributed by atoms with Crippen molar-refractivity contribution in [2.75, 3.05) is 0 Å². The minimum Gasteiger partial charge on any atom is -0.506 e. The van der Waals surface area contributed by atoms with Crippen LogP contribution in [-0.2, 0) is 0 Å². The molecule has 3 nitrogen and oxygen atoms in total. The number of rotatable bonds is 3. The first-order chi connectivity index (χ1) is 8.68. The van der Waals surface area contributed by atoms with Crippen LogP contribution in [0.1, 0.15) is 38.1 Å². The number of halogens is 3. The van der Waals surface area contributed by atoms with E-state index in [1.165, 1.54) is 0 Å². The molecule has 6 heteroatoms. The SMILES string of the molecule is CC(C)N(C(=O)c1c(Br)cc(Br)c(O)c1Br)C(C)C. The van der Waals surface area contributed by atoms with Crippen molar-refractivity contribution in [2.45, 2.75) is 39.8 Å². The molecule has 0 atom stereocenters. The zero-order chi connectivity index (χ0) is 14.9. The highest BCUT2D eigenvalue weighted by Crippen LogP contribution is 2.40. The van der Waals surface area contributed by atoms with Crippen molar-refractivity contribution in [3.63, 3.8) is 0 Å². The lowest BCUT2D eigenvalue weighted by Gasteiger charge is -2.31. The number of hydrogen-bond acceptors (Lipinski definition) is 2. The lowest BCUT2D eigenvalue weighted by molar-refractivity contribution is 0.0641. The number of aromatic hydroxyl groups is 1. The Hall–Kier alpha value is -0.0700. The second-order valence-corrected chi connectivity index (χ2v) is 7.28. The van der Waals surface area contributed by atoms with Gasteiger partial charge in [0.25, 0.3) is 5.91 Å². The van der Waals surface area contributed by atoms with Crippen LogP contribution in [0, 0.1) is 0 Å². The number of phenolic OH excluding ortho intramolecular Hbond substituents is 1. The summed E-state index contributed by atoms with van der Waals surface area (Å²) < 4.78 is 1.56. The van der Waals surface area contributed by atoms with Crippen LogP contribution in [-0.4, -0.2) is 28.0 Å². The van der Waals surface area contributed by atoms with Crippen molar-refractivity contribution in [3.8, 4) is 5.75 Å². The fourth-order valence-corrected chi connectivity index (χ4v) is 4.43. The van der Waals surface area contributed by atoms with Crippen molar-refractivity contribution < 1.29 is 9.90 Å². The fraction of sp³-hybridized carbons (Fsp3) is 0.462. The Morgan fingerprint density at radius 3 is 2.00 bits per heavy atom. The van der Waals surface area contributed by atoms with Gasteiger partial charge in [0, 0.05) is 16.6 Å². The van der Waals surface area contributed by atoms with Crippen molar-refractivity contribution in [1.82, 2.24) is 4.90 Å². The molecule has 0 spiro atoms. The summed E-state index contributed by atoms with van der Waals surface area (Å²) in [7, 11) is 0. The minimum atomic E-state index is -0.119. The Morgan fingerprint density at radius 2 is 1.58 bits per heavy atom. The minimum absolute atomic E-state index is 0.0269. The highest BCUT2D eigenvalue weighted by Gasteiger charge is 2.27. The molecule has 1 aromatic rings. The van der Waals surface area contributed by atoms with E-state index in [9.17, 15) is 9.90 Å². The Balaban J connectivity index is 3.38. The van der Waals surface area contributed by atoms with Crippen molar-refractivity contribution in [2.24, 2.45) is 0 Å². The molecule has 106 valence electrons. The van der Waals surface area contributed by atoms with Crippen molar-refractivity contribution >= 4 is 53.7 Å². The van der Waals surface area contributed by atoms with Gasteiger partial charge >= 0.3 is 0 Å². The number of hydrogen-bond donors (Lipinski definition) is 1. The van der Waals surface area contributed by atoms with Gasteiger partial charge in [-0.25, -0.2) is 0 Å². The van der Waals surface area contributed by atoms with Crippen LogP contribution in [0.2, 0.25) is 0 Å². The fourth-order valence-electron chi connectivity index (χ4n) is 1.97. The molecule has 19 heavy (non-hydrogen) atoms. The van der Waals surface area contributed by atoms with Crippen LogP contribution in [0.5, 0.6) is 5.75 Å². The normalized spacial score (nSPS) is 11.2. The summed E-state index contributed by atoms with van der Waals surface area (Å²) in [6, 6.07) is 1.83. The van der Waals surface area contributed by atoms with Crippen molar-refractivity contribution in [1.29, 1.82) is 0 Å². The Labute approximate surface area is 138 Å². The molecule has 0 fully saturated rings. The Kier molecular flexibility index (Phi) is 5.89. The van der Waals surface area contributed by atoms with E-state index in [-0.39, 0.29) is 23.7 Å². The molecule has 0 bridgehead atoms. The lowest BCUT2D eigenvalue weighted by atomic mass is 10.1. The van der Waals surface area contributed by atoms with Gasteiger partial charge in [0.05, 0.1) is 14.5 Å². The van der Waals surface area contributed by atoms with Crippen LogP contribution in [0.25, 0.3) is 0 Å². The number of nitrogens with zero attached hydrogens (tertiary/aromatic N) is 1. The second kappa shape index (κ2) is 6.59. The largest absolute Gasteiger partial charge is 0.506 e. The number of amides is 1. The van der Waals surface area contributed by atoms with Crippen LogP contribution in [0.15, 0.2) is 19.5 Å². The number of phenols is 1. The molecule has 0 radical (unpaired) electrons. The van der Waals surface area contributed by atoms with Gasteiger partial charge in [-0.05, 0) is 81.6 Å². The van der Waals surface area contributed by atoms with Gasteiger partial charge in [-0.2, -0.15) is 0 Å². The molecular formula is C13H16Br3NO2. The molecule has 0 saturated carbocycles. The molecule has 0 heterocycles. The molecule has 0 aromatic heterocycles. The first kappa shape index (κ1) is 17.0. The average molecular weight is 458 g/mol. The molecule has 0 saturated heterocycles. The van der Waals surface area contributed by atoms with Gasteiger partial charge < -0.3 is 10.0 Å². The van der Waals surface area contributed by atoms with Gasteiger partial charge in [0.1, 0.15) is 5.75 Å². The monoisotopic (exact) mass is 455 g/mol. The number of benzene rings is 1. The van der Waals surface area contributed by atoms with E-state index in [1.54, 1.807) is 11.0 Å². The zero-order valence-corrected chi connectivity index (χ0v) is 15.9. The first-order valence-corrected chi connectivity index (χ1v) is 8.25. The highest BCUT2D eigenvalue weighted by atomic mass is 79.9. The summed E-state index contributed by atoms with van der Waals surface area (Å²) in [6.07, 6.45) is 0. The lowest BCUT2D eigenvalue weighted by Crippen LogP contribution is -2.42. The van der Waals surface area contributed by atoms with Crippen LogP contribution >= 0.6 is 47.8 Å². The Morgan fingerprint density at radius 1 is 1.11 bits per heavy atom. The molecular weight excluding hydrogens is 442 g/mol. The van der Waals surface area contributed by atoms with Crippen molar-refractivity contribution in [3.05, 3.63) is 25.0 Å². The van der Waals surface area contributed by atoms with E-state index in [0.717, 1.165) is 0 Å². The van der Waals surface area contributed by atoms with E-state index in [2.05, 4.69) is 47.8 Å². The maximum atomic E-state index is 12.7. The molecule has 0 aliphatic rings. The van der Waals surface area contributed by atoms with Crippen LogP contribution in [0.3, 0.4) is 0 Å². The summed E-state index contributed by atoms with van der Waals surface area (Å²) in [5.74, 6) is -0.0921. The predicted molar refractivity (Wildman–Crippen MR) is 87.6 cm³/mol. The van der Waals surface area contributed by atoms with Crippen LogP contribution < -0.4 is 0 Å². The van der Waals surface area contributed by atoms with E-state index in [4.69, 9.17) is 0 Å². The predicted octanol–water partition coefficient (Wildman–Crippen LogP) is 4.94. The molecule has 1 rings (SSSR count). The number of carbonyl (C=O) groups excluding carboxylic acids is 1. The second-order valence-electron chi connectivity index (χ2n) is 4.78. The third-order valence-corrected chi connectivity index (χ3v) is 4.71. The topological polar surface area (TPSA) is 40.5 Å². The molecule has 0 unspecified atom stereocenters. The smallest absolute Gasteiger partial charge is 0.256 e. The van der Waals surface area contributed by atoms with E-state index < -0.39 is 0 Å². The van der Waals surface area contributed by atoms with E-state index in [1.807, 2.05) is 27.7 Å².